The van der Waals surface area contributed by atoms with E-state index < -0.39 is 0 Å². The number of H-pyrrole nitrogens is 1. The van der Waals surface area contributed by atoms with Crippen LogP contribution in [0.4, 0.5) is 0 Å². The average Bonchev–Trinajstić information content (AvgIpc) is 2.92. The third-order valence-electron chi connectivity index (χ3n) is 3.93. The maximum absolute atomic E-state index is 4.71. The molecule has 1 fully saturated rings. The second-order valence-electron chi connectivity index (χ2n) is 5.32. The Morgan fingerprint density at radius 1 is 1.21 bits per heavy atom. The summed E-state index contributed by atoms with van der Waals surface area (Å²) in [5, 5.41) is 7.54. The molecule has 2 aromatic rings. The van der Waals surface area contributed by atoms with Gasteiger partial charge in [0, 0.05) is 16.0 Å². The summed E-state index contributed by atoms with van der Waals surface area (Å²) in [5.41, 5.74) is 2.28. The molecule has 1 aromatic carbocycles. The van der Waals surface area contributed by atoms with Gasteiger partial charge in [-0.05, 0) is 47.3 Å². The van der Waals surface area contributed by atoms with Gasteiger partial charge >= 0.3 is 0 Å². The highest BCUT2D eigenvalue weighted by atomic mass is 79.9. The number of hydrogen-bond acceptors (Lipinski definition) is 2. The Kier molecular flexibility index (Phi) is 3.69. The van der Waals surface area contributed by atoms with Gasteiger partial charge in [0.25, 0.3) is 0 Å². The number of aromatic amines is 1. The van der Waals surface area contributed by atoms with Gasteiger partial charge in [-0.1, -0.05) is 31.4 Å². The summed E-state index contributed by atoms with van der Waals surface area (Å²) >= 11 is 3.63. The highest BCUT2D eigenvalue weighted by Crippen LogP contribution is 2.33. The SMILES string of the molecule is Cc1cccc(-c2n[nH]c(C3CCCCC3)n2)c1Br. The largest absolute Gasteiger partial charge is 0.262 e. The lowest BCUT2D eigenvalue weighted by Gasteiger charge is -2.18. The monoisotopic (exact) mass is 319 g/mol. The molecule has 0 aliphatic heterocycles. The third-order valence-corrected chi connectivity index (χ3v) is 4.98. The molecule has 1 heterocycles. The molecular weight excluding hydrogens is 302 g/mol. The smallest absolute Gasteiger partial charge is 0.182 e. The zero-order valence-corrected chi connectivity index (χ0v) is 12.7. The Labute approximate surface area is 122 Å². The molecule has 0 spiro atoms. The summed E-state index contributed by atoms with van der Waals surface area (Å²) in [6.07, 6.45) is 6.47. The van der Waals surface area contributed by atoms with E-state index >= 15 is 0 Å². The summed E-state index contributed by atoms with van der Waals surface area (Å²) in [4.78, 5) is 4.71. The molecule has 100 valence electrons. The van der Waals surface area contributed by atoms with Gasteiger partial charge in [-0.3, -0.25) is 5.10 Å². The van der Waals surface area contributed by atoms with Gasteiger partial charge in [0.1, 0.15) is 5.82 Å². The first-order chi connectivity index (χ1) is 9.25. The number of aromatic nitrogens is 3. The number of hydrogen-bond donors (Lipinski definition) is 1. The zero-order valence-electron chi connectivity index (χ0n) is 11.1. The topological polar surface area (TPSA) is 41.6 Å². The molecule has 0 bridgehead atoms. The number of benzene rings is 1. The standard InChI is InChI=1S/C15H18BrN3/c1-10-6-5-9-12(13(10)16)15-17-14(18-19-15)11-7-3-2-4-8-11/h5-6,9,11H,2-4,7-8H2,1H3,(H,17,18,19). The normalized spacial score (nSPS) is 16.7. The van der Waals surface area contributed by atoms with Crippen molar-refractivity contribution in [1.29, 1.82) is 0 Å². The summed E-state index contributed by atoms with van der Waals surface area (Å²) < 4.78 is 1.09. The summed E-state index contributed by atoms with van der Waals surface area (Å²) in [6.45, 7) is 2.09. The van der Waals surface area contributed by atoms with E-state index in [1.54, 1.807) is 0 Å². The Bertz CT molecular complexity index is 571. The van der Waals surface area contributed by atoms with Crippen LogP contribution in [-0.4, -0.2) is 15.2 Å². The fourth-order valence-corrected chi connectivity index (χ4v) is 3.22. The van der Waals surface area contributed by atoms with E-state index in [0.29, 0.717) is 5.92 Å². The van der Waals surface area contributed by atoms with Crippen LogP contribution >= 0.6 is 15.9 Å². The quantitative estimate of drug-likeness (QED) is 0.879. The predicted molar refractivity (Wildman–Crippen MR) is 80.1 cm³/mol. The van der Waals surface area contributed by atoms with E-state index in [0.717, 1.165) is 21.7 Å². The molecule has 1 aromatic heterocycles. The summed E-state index contributed by atoms with van der Waals surface area (Å²) in [6, 6.07) is 6.19. The molecule has 0 unspecified atom stereocenters. The number of rotatable bonds is 2. The lowest BCUT2D eigenvalue weighted by molar-refractivity contribution is 0.429. The number of nitrogens with one attached hydrogen (secondary N) is 1. The Balaban J connectivity index is 1.90. The minimum Gasteiger partial charge on any atom is -0.262 e. The molecule has 19 heavy (non-hydrogen) atoms. The van der Waals surface area contributed by atoms with Crippen LogP contribution in [0.15, 0.2) is 22.7 Å². The molecule has 0 saturated heterocycles. The molecule has 0 amide bonds. The Morgan fingerprint density at radius 3 is 2.79 bits per heavy atom. The van der Waals surface area contributed by atoms with Crippen LogP contribution in [0.2, 0.25) is 0 Å². The number of halogens is 1. The van der Waals surface area contributed by atoms with Crippen molar-refractivity contribution in [2.24, 2.45) is 0 Å². The highest BCUT2D eigenvalue weighted by molar-refractivity contribution is 9.10. The van der Waals surface area contributed by atoms with Gasteiger partial charge in [0.15, 0.2) is 5.82 Å². The van der Waals surface area contributed by atoms with Crippen molar-refractivity contribution in [2.45, 2.75) is 44.9 Å². The molecule has 0 atom stereocenters. The van der Waals surface area contributed by atoms with Crippen molar-refractivity contribution in [1.82, 2.24) is 15.2 Å². The van der Waals surface area contributed by atoms with E-state index in [1.807, 2.05) is 6.07 Å². The molecule has 1 aliphatic carbocycles. The van der Waals surface area contributed by atoms with Gasteiger partial charge in [-0.15, -0.1) is 0 Å². The van der Waals surface area contributed by atoms with Crippen LogP contribution in [0, 0.1) is 6.92 Å². The van der Waals surface area contributed by atoms with Crippen molar-refractivity contribution in [3.05, 3.63) is 34.1 Å². The van der Waals surface area contributed by atoms with Crippen LogP contribution in [0.3, 0.4) is 0 Å². The molecule has 1 aliphatic rings. The molecule has 1 saturated carbocycles. The van der Waals surface area contributed by atoms with Crippen molar-refractivity contribution >= 4 is 15.9 Å². The van der Waals surface area contributed by atoms with Gasteiger partial charge in [-0.25, -0.2) is 4.98 Å². The average molecular weight is 320 g/mol. The first-order valence-corrected chi connectivity index (χ1v) is 7.73. The fraction of sp³-hybridized carbons (Fsp3) is 0.467. The second-order valence-corrected chi connectivity index (χ2v) is 6.11. The van der Waals surface area contributed by atoms with Crippen LogP contribution in [0.5, 0.6) is 0 Å². The highest BCUT2D eigenvalue weighted by Gasteiger charge is 2.20. The minimum absolute atomic E-state index is 0.568. The molecule has 1 N–H and O–H groups in total. The predicted octanol–water partition coefficient (Wildman–Crippen LogP) is 4.59. The maximum atomic E-state index is 4.71. The van der Waals surface area contributed by atoms with E-state index in [9.17, 15) is 0 Å². The van der Waals surface area contributed by atoms with Gasteiger partial charge in [0.2, 0.25) is 0 Å². The van der Waals surface area contributed by atoms with Gasteiger partial charge in [0.05, 0.1) is 0 Å². The van der Waals surface area contributed by atoms with Gasteiger partial charge < -0.3 is 0 Å². The Hall–Kier alpha value is -1.16. The van der Waals surface area contributed by atoms with E-state index in [2.05, 4.69) is 45.2 Å². The minimum atomic E-state index is 0.568. The van der Waals surface area contributed by atoms with Crippen molar-refractivity contribution in [3.8, 4) is 11.4 Å². The summed E-state index contributed by atoms with van der Waals surface area (Å²) in [5.74, 6) is 2.43. The third kappa shape index (κ3) is 2.59. The van der Waals surface area contributed by atoms with Crippen LogP contribution < -0.4 is 0 Å². The molecule has 4 heteroatoms. The van der Waals surface area contributed by atoms with Crippen molar-refractivity contribution < 1.29 is 0 Å². The number of aryl methyl sites for hydroxylation is 1. The van der Waals surface area contributed by atoms with E-state index in [1.165, 1.54) is 37.7 Å². The molecular formula is C15H18BrN3. The maximum Gasteiger partial charge on any atom is 0.182 e. The Morgan fingerprint density at radius 2 is 2.00 bits per heavy atom. The summed E-state index contributed by atoms with van der Waals surface area (Å²) in [7, 11) is 0. The molecule has 0 radical (unpaired) electrons. The zero-order chi connectivity index (χ0) is 13.2. The second kappa shape index (κ2) is 5.45. The van der Waals surface area contributed by atoms with Crippen LogP contribution in [-0.2, 0) is 0 Å². The molecule has 3 nitrogen and oxygen atoms in total. The van der Waals surface area contributed by atoms with Crippen LogP contribution in [0.25, 0.3) is 11.4 Å². The first-order valence-electron chi connectivity index (χ1n) is 6.93. The van der Waals surface area contributed by atoms with E-state index in [4.69, 9.17) is 4.98 Å². The van der Waals surface area contributed by atoms with Gasteiger partial charge in [-0.2, -0.15) is 5.10 Å². The number of nitrogens with zero attached hydrogens (tertiary/aromatic N) is 2. The molecule has 3 rings (SSSR count). The lowest BCUT2D eigenvalue weighted by atomic mass is 9.89. The van der Waals surface area contributed by atoms with E-state index in [-0.39, 0.29) is 0 Å². The first kappa shape index (κ1) is 12.9. The fourth-order valence-electron chi connectivity index (χ4n) is 2.77. The van der Waals surface area contributed by atoms with Crippen molar-refractivity contribution in [3.63, 3.8) is 0 Å². The lowest BCUT2D eigenvalue weighted by Crippen LogP contribution is -2.06. The van der Waals surface area contributed by atoms with Crippen molar-refractivity contribution in [2.75, 3.05) is 0 Å². The van der Waals surface area contributed by atoms with Crippen LogP contribution in [0.1, 0.15) is 49.4 Å².